The molecule has 0 fully saturated rings. The van der Waals surface area contributed by atoms with E-state index in [9.17, 15) is 4.21 Å². The molecule has 0 aromatic heterocycles. The maximum Gasteiger partial charge on any atom is 0.157 e. The van der Waals surface area contributed by atoms with Gasteiger partial charge < -0.3 is 4.55 Å². The van der Waals surface area contributed by atoms with Crippen molar-refractivity contribution in [2.75, 3.05) is 0 Å². The predicted octanol–water partition coefficient (Wildman–Crippen LogP) is 3.84. The average Bonchev–Trinajstić information content (AvgIpc) is 2.28. The molecule has 0 spiro atoms. The van der Waals surface area contributed by atoms with Crippen LogP contribution in [0.4, 0.5) is 0 Å². The van der Waals surface area contributed by atoms with E-state index in [1.807, 2.05) is 19.1 Å². The summed E-state index contributed by atoms with van der Waals surface area (Å²) < 4.78 is 20.0. The quantitative estimate of drug-likeness (QED) is 0.593. The molecule has 0 aliphatic rings. The van der Waals surface area contributed by atoms with E-state index in [1.54, 1.807) is 0 Å². The molecule has 1 N–H and O–H groups in total. The van der Waals surface area contributed by atoms with Gasteiger partial charge in [-0.1, -0.05) is 44.4 Å². The van der Waals surface area contributed by atoms with Crippen LogP contribution in [0.15, 0.2) is 18.2 Å². The Morgan fingerprint density at radius 1 is 1.24 bits per heavy atom. The minimum absolute atomic E-state index is 0.260. The van der Waals surface area contributed by atoms with Crippen LogP contribution < -0.4 is 0 Å². The second kappa shape index (κ2) is 7.62. The van der Waals surface area contributed by atoms with E-state index in [-0.39, 0.29) is 5.75 Å². The lowest BCUT2D eigenvalue weighted by Crippen LogP contribution is -2.01. The molecule has 0 aliphatic heterocycles. The average molecular weight is 254 g/mol. The molecule has 96 valence electrons. The van der Waals surface area contributed by atoms with E-state index >= 15 is 0 Å². The SMILES string of the molecule is CCCCCCc1cccc(C)c1CS(=O)O. The first-order valence-corrected chi connectivity index (χ1v) is 7.57. The molecule has 2 nitrogen and oxygen atoms in total. The zero-order valence-corrected chi connectivity index (χ0v) is 11.6. The van der Waals surface area contributed by atoms with Gasteiger partial charge in [-0.15, -0.1) is 0 Å². The molecule has 0 amide bonds. The van der Waals surface area contributed by atoms with Crippen LogP contribution in [0.25, 0.3) is 0 Å². The number of unbranched alkanes of at least 4 members (excludes halogenated alkanes) is 3. The van der Waals surface area contributed by atoms with Crippen LogP contribution in [0, 0.1) is 6.92 Å². The summed E-state index contributed by atoms with van der Waals surface area (Å²) in [5.74, 6) is 0.260. The molecule has 1 rings (SSSR count). The van der Waals surface area contributed by atoms with Gasteiger partial charge in [-0.3, -0.25) is 0 Å². The van der Waals surface area contributed by atoms with Crippen molar-refractivity contribution in [3.63, 3.8) is 0 Å². The highest BCUT2D eigenvalue weighted by Crippen LogP contribution is 2.18. The number of hydrogen-bond acceptors (Lipinski definition) is 1. The van der Waals surface area contributed by atoms with Crippen molar-refractivity contribution in [1.82, 2.24) is 0 Å². The second-order valence-electron chi connectivity index (χ2n) is 4.49. The number of aryl methyl sites for hydroxylation is 2. The standard InChI is InChI=1S/C14H22O2S/c1-3-4-5-6-9-13-10-7-8-12(2)14(13)11-17(15)16/h7-8,10H,3-6,9,11H2,1-2H3,(H,15,16). The first-order valence-electron chi connectivity index (χ1n) is 6.30. The Labute approximate surface area is 107 Å². The number of rotatable bonds is 7. The van der Waals surface area contributed by atoms with Crippen molar-refractivity contribution in [3.05, 3.63) is 34.9 Å². The fourth-order valence-corrected chi connectivity index (χ4v) is 2.73. The summed E-state index contributed by atoms with van der Waals surface area (Å²) in [7, 11) is 0. The Hall–Kier alpha value is -0.670. The van der Waals surface area contributed by atoms with Crippen LogP contribution >= 0.6 is 0 Å². The molecule has 17 heavy (non-hydrogen) atoms. The van der Waals surface area contributed by atoms with Gasteiger partial charge >= 0.3 is 0 Å². The largest absolute Gasteiger partial charge is 0.306 e. The van der Waals surface area contributed by atoms with Crippen LogP contribution in [0.5, 0.6) is 0 Å². The third-order valence-corrected chi connectivity index (χ3v) is 3.61. The summed E-state index contributed by atoms with van der Waals surface area (Å²) >= 11 is -1.75. The smallest absolute Gasteiger partial charge is 0.157 e. The third-order valence-electron chi connectivity index (χ3n) is 3.07. The summed E-state index contributed by atoms with van der Waals surface area (Å²) in [6.07, 6.45) is 5.94. The normalized spacial score (nSPS) is 12.6. The van der Waals surface area contributed by atoms with Crippen molar-refractivity contribution in [2.24, 2.45) is 0 Å². The van der Waals surface area contributed by atoms with Crippen LogP contribution in [-0.4, -0.2) is 8.76 Å². The number of benzene rings is 1. The molecule has 0 saturated carbocycles. The van der Waals surface area contributed by atoms with Crippen molar-refractivity contribution < 1.29 is 8.76 Å². The van der Waals surface area contributed by atoms with Gasteiger partial charge in [0.2, 0.25) is 0 Å². The topological polar surface area (TPSA) is 37.3 Å². The van der Waals surface area contributed by atoms with Crippen molar-refractivity contribution in [2.45, 2.75) is 51.7 Å². The summed E-state index contributed by atoms with van der Waals surface area (Å²) in [5.41, 5.74) is 3.42. The molecule has 1 aromatic carbocycles. The Morgan fingerprint density at radius 3 is 2.65 bits per heavy atom. The molecular weight excluding hydrogens is 232 g/mol. The lowest BCUT2D eigenvalue weighted by atomic mass is 9.98. The summed E-state index contributed by atoms with van der Waals surface area (Å²) in [4.78, 5) is 0. The van der Waals surface area contributed by atoms with Gasteiger partial charge in [0.05, 0.1) is 5.75 Å². The first kappa shape index (κ1) is 14.4. The number of hydrogen-bond donors (Lipinski definition) is 1. The summed E-state index contributed by atoms with van der Waals surface area (Å²) in [6, 6.07) is 6.13. The zero-order valence-electron chi connectivity index (χ0n) is 10.7. The molecule has 0 heterocycles. The monoisotopic (exact) mass is 254 g/mol. The first-order chi connectivity index (χ1) is 8.15. The van der Waals surface area contributed by atoms with Gasteiger partial charge in [0.15, 0.2) is 11.1 Å². The summed E-state index contributed by atoms with van der Waals surface area (Å²) in [6.45, 7) is 4.21. The molecule has 0 saturated heterocycles. The molecule has 1 atom stereocenters. The van der Waals surface area contributed by atoms with Crippen molar-refractivity contribution >= 4 is 11.1 Å². The van der Waals surface area contributed by atoms with Crippen LogP contribution in [-0.2, 0) is 23.3 Å². The minimum Gasteiger partial charge on any atom is -0.306 e. The third kappa shape index (κ3) is 5.00. The Morgan fingerprint density at radius 2 is 2.00 bits per heavy atom. The highest BCUT2D eigenvalue weighted by molar-refractivity contribution is 7.78. The van der Waals surface area contributed by atoms with Crippen molar-refractivity contribution in [3.8, 4) is 0 Å². The molecule has 1 aromatic rings. The van der Waals surface area contributed by atoms with Crippen molar-refractivity contribution in [1.29, 1.82) is 0 Å². The van der Waals surface area contributed by atoms with Crippen LogP contribution in [0.3, 0.4) is 0 Å². The Kier molecular flexibility index (Phi) is 6.45. The predicted molar refractivity (Wildman–Crippen MR) is 73.5 cm³/mol. The van der Waals surface area contributed by atoms with Gasteiger partial charge in [-0.05, 0) is 36.5 Å². The van der Waals surface area contributed by atoms with Gasteiger partial charge in [-0.2, -0.15) is 0 Å². The van der Waals surface area contributed by atoms with E-state index in [2.05, 4.69) is 13.0 Å². The van der Waals surface area contributed by atoms with E-state index in [0.717, 1.165) is 17.5 Å². The molecule has 0 radical (unpaired) electrons. The fraction of sp³-hybridized carbons (Fsp3) is 0.571. The highest BCUT2D eigenvalue weighted by atomic mass is 32.2. The Bertz CT molecular complexity index is 374. The highest BCUT2D eigenvalue weighted by Gasteiger charge is 2.08. The molecule has 1 unspecified atom stereocenters. The Balaban J connectivity index is 2.69. The maximum atomic E-state index is 11.0. The van der Waals surface area contributed by atoms with Gasteiger partial charge in [0.1, 0.15) is 0 Å². The van der Waals surface area contributed by atoms with E-state index in [1.165, 1.54) is 31.2 Å². The minimum atomic E-state index is -1.75. The van der Waals surface area contributed by atoms with E-state index < -0.39 is 11.1 Å². The lowest BCUT2D eigenvalue weighted by Gasteiger charge is -2.11. The second-order valence-corrected chi connectivity index (χ2v) is 5.42. The maximum absolute atomic E-state index is 11.0. The molecule has 3 heteroatoms. The van der Waals surface area contributed by atoms with Gasteiger partial charge in [0.25, 0.3) is 0 Å². The fourth-order valence-electron chi connectivity index (χ4n) is 2.07. The molecule has 0 aliphatic carbocycles. The van der Waals surface area contributed by atoms with E-state index in [4.69, 9.17) is 4.55 Å². The van der Waals surface area contributed by atoms with Crippen LogP contribution in [0.2, 0.25) is 0 Å². The summed E-state index contributed by atoms with van der Waals surface area (Å²) in [5, 5.41) is 0. The zero-order chi connectivity index (χ0) is 12.7. The molecule has 0 bridgehead atoms. The van der Waals surface area contributed by atoms with Gasteiger partial charge in [-0.25, -0.2) is 4.21 Å². The van der Waals surface area contributed by atoms with Crippen LogP contribution in [0.1, 0.15) is 49.3 Å². The van der Waals surface area contributed by atoms with E-state index in [0.29, 0.717) is 0 Å². The van der Waals surface area contributed by atoms with Gasteiger partial charge in [0, 0.05) is 0 Å². The lowest BCUT2D eigenvalue weighted by molar-refractivity contribution is 0.563. The molecular formula is C14H22O2S.